The average molecular weight is 267 g/mol. The Hall–Kier alpha value is -0.550. The van der Waals surface area contributed by atoms with E-state index >= 15 is 0 Å². The Labute approximate surface area is 112 Å². The number of aliphatic hydroxyl groups is 1. The van der Waals surface area contributed by atoms with Crippen LogP contribution in [0.4, 0.5) is 0 Å². The zero-order valence-electron chi connectivity index (χ0n) is 10.8. The van der Waals surface area contributed by atoms with Crippen LogP contribution in [0.2, 0.25) is 0 Å². The maximum absolute atomic E-state index is 12.4. The van der Waals surface area contributed by atoms with Gasteiger partial charge in [0.05, 0.1) is 11.4 Å². The van der Waals surface area contributed by atoms with Crippen molar-refractivity contribution in [3.05, 3.63) is 29.8 Å². The van der Waals surface area contributed by atoms with E-state index in [9.17, 15) is 4.55 Å². The molecule has 0 amide bonds. The van der Waals surface area contributed by atoms with Crippen molar-refractivity contribution in [3.8, 4) is 0 Å². The van der Waals surface area contributed by atoms with E-state index in [0.29, 0.717) is 5.92 Å². The molecule has 1 saturated heterocycles. The normalized spacial score (nSPS) is 19.9. The largest absolute Gasteiger partial charge is 0.593 e. The third-order valence-corrected chi connectivity index (χ3v) is 5.11. The molecule has 0 aliphatic carbocycles. The molecule has 0 radical (unpaired) electrons. The second kappa shape index (κ2) is 6.57. The third-order valence-electron chi connectivity index (χ3n) is 3.60. The molecular formula is C14H21NO2S. The Bertz CT molecular complexity index is 361. The number of nitrogens with zero attached hydrogens (tertiary/aromatic N) is 1. The van der Waals surface area contributed by atoms with Crippen molar-refractivity contribution in [1.29, 1.82) is 0 Å². The summed E-state index contributed by atoms with van der Waals surface area (Å²) in [6.07, 6.45) is 2.89. The Morgan fingerprint density at radius 2 is 1.89 bits per heavy atom. The van der Waals surface area contributed by atoms with E-state index in [0.717, 1.165) is 37.2 Å². The van der Waals surface area contributed by atoms with Crippen LogP contribution >= 0.6 is 0 Å². The van der Waals surface area contributed by atoms with E-state index in [-0.39, 0.29) is 6.61 Å². The summed E-state index contributed by atoms with van der Waals surface area (Å²) < 4.78 is 14.4. The van der Waals surface area contributed by atoms with Gasteiger partial charge in [0, 0.05) is 19.7 Å². The standard InChI is InChI=1S/C14H21NO2S/c1-2-12-3-5-14(6-4-12)18(17)15-9-7-13(11-16)8-10-15/h3-6,13,16H,2,7-11H2,1H3. The van der Waals surface area contributed by atoms with E-state index in [1.807, 2.05) is 28.6 Å². The lowest BCUT2D eigenvalue weighted by atomic mass is 10.00. The molecule has 3 nitrogen and oxygen atoms in total. The molecule has 1 heterocycles. The van der Waals surface area contributed by atoms with Gasteiger partial charge in [-0.05, 0) is 42.9 Å². The van der Waals surface area contributed by atoms with Crippen LogP contribution in [0.15, 0.2) is 29.2 Å². The number of aliphatic hydroxyl groups excluding tert-OH is 1. The summed E-state index contributed by atoms with van der Waals surface area (Å²) in [5, 5.41) is 9.10. The van der Waals surface area contributed by atoms with Crippen molar-refractivity contribution in [2.45, 2.75) is 31.1 Å². The van der Waals surface area contributed by atoms with Gasteiger partial charge in [0.15, 0.2) is 4.90 Å². The lowest BCUT2D eigenvalue weighted by Crippen LogP contribution is -2.39. The highest BCUT2D eigenvalue weighted by Crippen LogP contribution is 2.23. The predicted molar refractivity (Wildman–Crippen MR) is 73.6 cm³/mol. The molecule has 1 N–H and O–H groups in total. The summed E-state index contributed by atoms with van der Waals surface area (Å²) in [6.45, 7) is 4.00. The minimum absolute atomic E-state index is 0.256. The molecule has 0 bridgehead atoms. The van der Waals surface area contributed by atoms with E-state index < -0.39 is 11.4 Å². The van der Waals surface area contributed by atoms with Gasteiger partial charge in [0.1, 0.15) is 0 Å². The van der Waals surface area contributed by atoms with Gasteiger partial charge in [-0.25, -0.2) is 0 Å². The molecule has 100 valence electrons. The van der Waals surface area contributed by atoms with Gasteiger partial charge >= 0.3 is 0 Å². The maximum atomic E-state index is 12.4. The zero-order chi connectivity index (χ0) is 13.0. The number of aryl methyl sites for hydroxylation is 1. The van der Waals surface area contributed by atoms with Crippen molar-refractivity contribution < 1.29 is 9.66 Å². The molecular weight excluding hydrogens is 246 g/mol. The van der Waals surface area contributed by atoms with Crippen molar-refractivity contribution >= 4 is 11.4 Å². The second-order valence-corrected chi connectivity index (χ2v) is 6.29. The fraction of sp³-hybridized carbons (Fsp3) is 0.571. The maximum Gasteiger partial charge on any atom is 0.174 e. The third kappa shape index (κ3) is 3.26. The first-order chi connectivity index (χ1) is 8.74. The fourth-order valence-corrected chi connectivity index (χ4v) is 3.46. The molecule has 0 aromatic heterocycles. The lowest BCUT2D eigenvalue weighted by Gasteiger charge is -2.30. The SMILES string of the molecule is CCc1ccc([S+]([O-])N2CCC(CO)CC2)cc1. The summed E-state index contributed by atoms with van der Waals surface area (Å²) in [4.78, 5) is 0.884. The Kier molecular flexibility index (Phi) is 5.06. The summed E-state index contributed by atoms with van der Waals surface area (Å²) in [7, 11) is 0. The highest BCUT2D eigenvalue weighted by molar-refractivity contribution is 7.89. The quantitative estimate of drug-likeness (QED) is 0.849. The molecule has 0 spiro atoms. The smallest absolute Gasteiger partial charge is 0.174 e. The van der Waals surface area contributed by atoms with Gasteiger partial charge in [-0.15, -0.1) is 4.31 Å². The molecule has 1 aliphatic heterocycles. The van der Waals surface area contributed by atoms with Crippen LogP contribution in [-0.2, 0) is 17.8 Å². The first-order valence-electron chi connectivity index (χ1n) is 6.61. The van der Waals surface area contributed by atoms with Crippen molar-refractivity contribution in [2.75, 3.05) is 19.7 Å². The van der Waals surface area contributed by atoms with Gasteiger partial charge in [0.25, 0.3) is 0 Å². The molecule has 1 atom stereocenters. The molecule has 1 unspecified atom stereocenters. The summed E-state index contributed by atoms with van der Waals surface area (Å²) in [6, 6.07) is 8.03. The second-order valence-electron chi connectivity index (χ2n) is 4.80. The number of hydrogen-bond acceptors (Lipinski definition) is 3. The first kappa shape index (κ1) is 13.9. The van der Waals surface area contributed by atoms with E-state index in [1.54, 1.807) is 0 Å². The van der Waals surface area contributed by atoms with Crippen LogP contribution in [-0.4, -0.2) is 33.7 Å². The zero-order valence-corrected chi connectivity index (χ0v) is 11.7. The van der Waals surface area contributed by atoms with Crippen LogP contribution in [0.25, 0.3) is 0 Å². The van der Waals surface area contributed by atoms with Crippen LogP contribution in [0.1, 0.15) is 25.3 Å². The Morgan fingerprint density at radius 1 is 1.28 bits per heavy atom. The average Bonchev–Trinajstić information content (AvgIpc) is 2.47. The number of hydrogen-bond donors (Lipinski definition) is 1. The monoisotopic (exact) mass is 267 g/mol. The molecule has 1 aromatic carbocycles. The molecule has 18 heavy (non-hydrogen) atoms. The minimum atomic E-state index is -1.05. The summed E-state index contributed by atoms with van der Waals surface area (Å²) in [5.41, 5.74) is 1.27. The van der Waals surface area contributed by atoms with Gasteiger partial charge in [-0.2, -0.15) is 0 Å². The van der Waals surface area contributed by atoms with Crippen molar-refractivity contribution in [2.24, 2.45) is 5.92 Å². The summed E-state index contributed by atoms with van der Waals surface area (Å²) >= 11 is -1.05. The lowest BCUT2D eigenvalue weighted by molar-refractivity contribution is 0.170. The van der Waals surface area contributed by atoms with Gasteiger partial charge in [-0.3, -0.25) is 0 Å². The van der Waals surface area contributed by atoms with Crippen molar-refractivity contribution in [3.63, 3.8) is 0 Å². The fourth-order valence-electron chi connectivity index (χ4n) is 2.25. The molecule has 1 aromatic rings. The number of rotatable bonds is 4. The highest BCUT2D eigenvalue weighted by Gasteiger charge is 2.27. The Morgan fingerprint density at radius 3 is 2.39 bits per heavy atom. The van der Waals surface area contributed by atoms with Gasteiger partial charge in [0.2, 0.25) is 0 Å². The number of piperidine rings is 1. The predicted octanol–water partition coefficient (Wildman–Crippen LogP) is 1.98. The molecule has 0 saturated carbocycles. The highest BCUT2D eigenvalue weighted by atomic mass is 32.2. The minimum Gasteiger partial charge on any atom is -0.593 e. The van der Waals surface area contributed by atoms with Gasteiger partial charge < -0.3 is 9.66 Å². The molecule has 2 rings (SSSR count). The molecule has 1 fully saturated rings. The van der Waals surface area contributed by atoms with E-state index in [1.165, 1.54) is 5.56 Å². The van der Waals surface area contributed by atoms with Crippen LogP contribution in [0.5, 0.6) is 0 Å². The molecule has 4 heteroatoms. The van der Waals surface area contributed by atoms with Gasteiger partial charge in [-0.1, -0.05) is 19.1 Å². The van der Waals surface area contributed by atoms with Crippen LogP contribution in [0, 0.1) is 5.92 Å². The number of benzene rings is 1. The first-order valence-corrected chi connectivity index (χ1v) is 7.72. The van der Waals surface area contributed by atoms with Crippen molar-refractivity contribution in [1.82, 2.24) is 4.31 Å². The van der Waals surface area contributed by atoms with Crippen LogP contribution in [0.3, 0.4) is 0 Å². The topological polar surface area (TPSA) is 46.5 Å². The Balaban J connectivity index is 1.96. The summed E-state index contributed by atoms with van der Waals surface area (Å²) in [5.74, 6) is 0.390. The molecule has 1 aliphatic rings. The van der Waals surface area contributed by atoms with E-state index in [4.69, 9.17) is 5.11 Å². The van der Waals surface area contributed by atoms with Crippen LogP contribution < -0.4 is 0 Å². The van der Waals surface area contributed by atoms with E-state index in [2.05, 4.69) is 6.92 Å².